The second-order valence-electron chi connectivity index (χ2n) is 6.27. The van der Waals surface area contributed by atoms with E-state index in [0.29, 0.717) is 19.6 Å². The highest BCUT2D eigenvalue weighted by atomic mass is 19.4. The molecule has 134 valence electrons. The zero-order chi connectivity index (χ0) is 17.6. The number of aliphatic imine (C=N–C) groups is 1. The van der Waals surface area contributed by atoms with Crippen molar-refractivity contribution in [3.8, 4) is 0 Å². The second-order valence-corrected chi connectivity index (χ2v) is 6.27. The normalized spacial score (nSPS) is 19.5. The van der Waals surface area contributed by atoms with Crippen molar-refractivity contribution in [2.24, 2.45) is 10.9 Å². The number of guanidine groups is 1. The number of rotatable bonds is 5. The summed E-state index contributed by atoms with van der Waals surface area (Å²) in [7, 11) is 3.67. The fourth-order valence-electron chi connectivity index (χ4n) is 3.03. The molecule has 24 heavy (non-hydrogen) atoms. The SMILES string of the molecule is CN=C(NCC1CCN(CC(F)(F)F)C1)N(C)Cc1ccccc1. The summed E-state index contributed by atoms with van der Waals surface area (Å²) in [6.07, 6.45) is -3.34. The summed E-state index contributed by atoms with van der Waals surface area (Å²) in [5, 5.41) is 3.28. The van der Waals surface area contributed by atoms with E-state index in [-0.39, 0.29) is 5.92 Å². The van der Waals surface area contributed by atoms with Crippen LogP contribution in [0.5, 0.6) is 0 Å². The first kappa shape index (κ1) is 18.6. The van der Waals surface area contributed by atoms with Crippen molar-refractivity contribution < 1.29 is 13.2 Å². The molecule has 1 unspecified atom stereocenters. The van der Waals surface area contributed by atoms with E-state index in [0.717, 1.165) is 18.9 Å². The lowest BCUT2D eigenvalue weighted by Crippen LogP contribution is -2.41. The summed E-state index contributed by atoms with van der Waals surface area (Å²) in [6, 6.07) is 10.1. The van der Waals surface area contributed by atoms with Crippen molar-refractivity contribution in [3.63, 3.8) is 0 Å². The van der Waals surface area contributed by atoms with E-state index in [1.807, 2.05) is 30.1 Å². The molecule has 1 saturated heterocycles. The Balaban J connectivity index is 1.78. The third-order valence-electron chi connectivity index (χ3n) is 4.16. The van der Waals surface area contributed by atoms with Gasteiger partial charge in [-0.1, -0.05) is 30.3 Å². The molecule has 1 N–H and O–H groups in total. The van der Waals surface area contributed by atoms with Gasteiger partial charge in [-0.25, -0.2) is 0 Å². The van der Waals surface area contributed by atoms with Crippen molar-refractivity contribution in [3.05, 3.63) is 35.9 Å². The molecule has 1 atom stereocenters. The zero-order valence-corrected chi connectivity index (χ0v) is 14.2. The molecular formula is C17H25F3N4. The fourth-order valence-corrected chi connectivity index (χ4v) is 3.03. The van der Waals surface area contributed by atoms with E-state index in [2.05, 4.69) is 22.4 Å². The van der Waals surface area contributed by atoms with Crippen LogP contribution >= 0.6 is 0 Å². The molecule has 1 aliphatic rings. The van der Waals surface area contributed by atoms with Gasteiger partial charge in [-0.15, -0.1) is 0 Å². The Hall–Kier alpha value is -1.76. The third-order valence-corrected chi connectivity index (χ3v) is 4.16. The maximum atomic E-state index is 12.4. The van der Waals surface area contributed by atoms with E-state index in [1.54, 1.807) is 7.05 Å². The Bertz CT molecular complexity index is 530. The molecule has 0 saturated carbocycles. The van der Waals surface area contributed by atoms with Crippen molar-refractivity contribution in [1.82, 2.24) is 15.1 Å². The summed E-state index contributed by atoms with van der Waals surface area (Å²) < 4.78 is 37.3. The van der Waals surface area contributed by atoms with E-state index < -0.39 is 12.7 Å². The smallest absolute Gasteiger partial charge is 0.356 e. The molecular weight excluding hydrogens is 317 g/mol. The van der Waals surface area contributed by atoms with Crippen LogP contribution in [0.2, 0.25) is 0 Å². The van der Waals surface area contributed by atoms with Gasteiger partial charge in [0.1, 0.15) is 0 Å². The van der Waals surface area contributed by atoms with Crippen molar-refractivity contribution in [1.29, 1.82) is 0 Å². The Morgan fingerprint density at radius 2 is 2.04 bits per heavy atom. The standard InChI is InChI=1S/C17H25F3N4/c1-21-16(23(2)11-14-6-4-3-5-7-14)22-10-15-8-9-24(12-15)13-17(18,19)20/h3-7,15H,8-13H2,1-2H3,(H,21,22). The summed E-state index contributed by atoms with van der Waals surface area (Å²) in [6.45, 7) is 1.54. The van der Waals surface area contributed by atoms with Crippen LogP contribution in [0.25, 0.3) is 0 Å². The molecule has 7 heteroatoms. The van der Waals surface area contributed by atoms with Crippen LogP contribution in [-0.2, 0) is 6.54 Å². The van der Waals surface area contributed by atoms with Crippen LogP contribution in [-0.4, -0.2) is 62.2 Å². The maximum absolute atomic E-state index is 12.4. The van der Waals surface area contributed by atoms with E-state index >= 15 is 0 Å². The van der Waals surface area contributed by atoms with Gasteiger partial charge in [0.25, 0.3) is 0 Å². The summed E-state index contributed by atoms with van der Waals surface area (Å²) in [5.74, 6) is 0.974. The first-order valence-corrected chi connectivity index (χ1v) is 8.12. The molecule has 0 amide bonds. The average molecular weight is 342 g/mol. The topological polar surface area (TPSA) is 30.9 Å². The van der Waals surface area contributed by atoms with Gasteiger partial charge in [0.15, 0.2) is 5.96 Å². The molecule has 4 nitrogen and oxygen atoms in total. The first-order valence-electron chi connectivity index (χ1n) is 8.12. The predicted molar refractivity (Wildman–Crippen MR) is 89.9 cm³/mol. The number of halogens is 3. The molecule has 0 bridgehead atoms. The van der Waals surface area contributed by atoms with Gasteiger partial charge < -0.3 is 10.2 Å². The van der Waals surface area contributed by atoms with E-state index in [1.165, 1.54) is 10.5 Å². The molecule has 1 heterocycles. The van der Waals surface area contributed by atoms with Crippen LogP contribution < -0.4 is 5.32 Å². The minimum Gasteiger partial charge on any atom is -0.356 e. The van der Waals surface area contributed by atoms with Gasteiger partial charge in [0.2, 0.25) is 0 Å². The lowest BCUT2D eigenvalue weighted by Gasteiger charge is -2.24. The summed E-state index contributed by atoms with van der Waals surface area (Å²) in [5.41, 5.74) is 1.18. The van der Waals surface area contributed by atoms with Gasteiger partial charge in [-0.2, -0.15) is 13.2 Å². The number of hydrogen-bond donors (Lipinski definition) is 1. The molecule has 0 radical (unpaired) electrons. The highest BCUT2D eigenvalue weighted by Crippen LogP contribution is 2.22. The molecule has 0 aromatic heterocycles. The van der Waals surface area contributed by atoms with Gasteiger partial charge in [-0.05, 0) is 24.4 Å². The van der Waals surface area contributed by atoms with Crippen molar-refractivity contribution >= 4 is 5.96 Å². The lowest BCUT2D eigenvalue weighted by atomic mass is 10.1. The van der Waals surface area contributed by atoms with Crippen LogP contribution in [0, 0.1) is 5.92 Å². The number of nitrogens with zero attached hydrogens (tertiary/aromatic N) is 3. The largest absolute Gasteiger partial charge is 0.401 e. The second kappa shape index (κ2) is 8.37. The minimum absolute atomic E-state index is 0.217. The van der Waals surface area contributed by atoms with Crippen LogP contribution in [0.4, 0.5) is 13.2 Å². The number of hydrogen-bond acceptors (Lipinski definition) is 2. The molecule has 2 rings (SSSR count). The minimum atomic E-state index is -4.12. The molecule has 1 aromatic carbocycles. The first-order chi connectivity index (χ1) is 11.4. The van der Waals surface area contributed by atoms with Crippen molar-refractivity contribution in [2.45, 2.75) is 19.1 Å². The van der Waals surface area contributed by atoms with Gasteiger partial charge >= 0.3 is 6.18 Å². The van der Waals surface area contributed by atoms with Gasteiger partial charge in [0, 0.05) is 33.7 Å². The maximum Gasteiger partial charge on any atom is 0.401 e. The Labute approximate surface area is 141 Å². The zero-order valence-electron chi connectivity index (χ0n) is 14.2. The average Bonchev–Trinajstić information content (AvgIpc) is 2.94. The monoisotopic (exact) mass is 342 g/mol. The van der Waals surface area contributed by atoms with Crippen molar-refractivity contribution in [2.75, 3.05) is 40.3 Å². The lowest BCUT2D eigenvalue weighted by molar-refractivity contribution is -0.143. The highest BCUT2D eigenvalue weighted by Gasteiger charge is 2.34. The van der Waals surface area contributed by atoms with Crippen LogP contribution in [0.1, 0.15) is 12.0 Å². The Morgan fingerprint density at radius 3 is 2.67 bits per heavy atom. The summed E-state index contributed by atoms with van der Waals surface area (Å²) >= 11 is 0. The number of alkyl halides is 3. The summed E-state index contributed by atoms with van der Waals surface area (Å²) in [4.78, 5) is 7.75. The molecule has 0 spiro atoms. The Kier molecular flexibility index (Phi) is 6.48. The number of benzene rings is 1. The van der Waals surface area contributed by atoms with Gasteiger partial charge in [-0.3, -0.25) is 9.89 Å². The Morgan fingerprint density at radius 1 is 1.33 bits per heavy atom. The number of likely N-dealkylation sites (tertiary alicyclic amines) is 1. The quantitative estimate of drug-likeness (QED) is 0.659. The third kappa shape index (κ3) is 6.03. The fraction of sp³-hybridized carbons (Fsp3) is 0.588. The van der Waals surface area contributed by atoms with E-state index in [4.69, 9.17) is 0 Å². The van der Waals surface area contributed by atoms with Crippen LogP contribution in [0.3, 0.4) is 0 Å². The van der Waals surface area contributed by atoms with Gasteiger partial charge in [0.05, 0.1) is 6.54 Å². The molecule has 1 aliphatic heterocycles. The predicted octanol–water partition coefficient (Wildman–Crippen LogP) is 2.58. The van der Waals surface area contributed by atoms with E-state index in [9.17, 15) is 13.2 Å². The molecule has 1 aromatic rings. The highest BCUT2D eigenvalue weighted by molar-refractivity contribution is 5.79. The van der Waals surface area contributed by atoms with Crippen LogP contribution in [0.15, 0.2) is 35.3 Å². The number of nitrogens with one attached hydrogen (secondary N) is 1. The molecule has 0 aliphatic carbocycles. The molecule has 1 fully saturated rings.